The molecule has 2 rings (SSSR count). The van der Waals surface area contributed by atoms with E-state index in [2.05, 4.69) is 49.5 Å². The van der Waals surface area contributed by atoms with Crippen LogP contribution in [-0.4, -0.2) is 6.04 Å². The molecule has 0 aliphatic heterocycles. The Morgan fingerprint density at radius 1 is 1.17 bits per heavy atom. The van der Waals surface area contributed by atoms with Crippen molar-refractivity contribution in [3.63, 3.8) is 0 Å². The fourth-order valence-corrected chi connectivity index (χ4v) is 2.84. The molecule has 1 aliphatic rings. The van der Waals surface area contributed by atoms with Crippen molar-refractivity contribution in [1.82, 2.24) is 5.32 Å². The lowest BCUT2D eigenvalue weighted by Crippen LogP contribution is -2.24. The van der Waals surface area contributed by atoms with Crippen LogP contribution >= 0.6 is 0 Å². The van der Waals surface area contributed by atoms with Crippen molar-refractivity contribution >= 4 is 0 Å². The number of benzene rings is 1. The van der Waals surface area contributed by atoms with Crippen LogP contribution in [0.25, 0.3) is 0 Å². The van der Waals surface area contributed by atoms with Crippen molar-refractivity contribution in [3.8, 4) is 0 Å². The largest absolute Gasteiger partial charge is 0.307 e. The van der Waals surface area contributed by atoms with Crippen molar-refractivity contribution in [3.05, 3.63) is 35.9 Å². The average Bonchev–Trinajstić information content (AvgIpc) is 3.14. The van der Waals surface area contributed by atoms with Crippen LogP contribution in [-0.2, 0) is 0 Å². The van der Waals surface area contributed by atoms with Gasteiger partial charge in [0.1, 0.15) is 0 Å². The van der Waals surface area contributed by atoms with Crippen LogP contribution in [0.4, 0.5) is 0 Å². The molecule has 3 atom stereocenters. The molecule has 1 N–H and O–H groups in total. The highest BCUT2D eigenvalue weighted by atomic mass is 15.0. The topological polar surface area (TPSA) is 12.0 Å². The Bertz CT molecular complexity index is 333. The Hall–Kier alpha value is -0.820. The van der Waals surface area contributed by atoms with Crippen molar-refractivity contribution in [2.45, 2.75) is 64.5 Å². The number of unbranched alkanes of at least 4 members (excludes halogenated alkanes) is 1. The Kier molecular flexibility index (Phi) is 5.25. The first-order valence-electron chi connectivity index (χ1n) is 7.66. The van der Waals surface area contributed by atoms with E-state index in [1.807, 2.05) is 0 Å². The Balaban J connectivity index is 1.90. The maximum atomic E-state index is 3.88. The van der Waals surface area contributed by atoms with E-state index in [4.69, 9.17) is 0 Å². The molecule has 100 valence electrons. The lowest BCUT2D eigenvalue weighted by atomic mass is 10.0. The maximum Gasteiger partial charge on any atom is 0.0322 e. The zero-order valence-electron chi connectivity index (χ0n) is 11.9. The molecule has 18 heavy (non-hydrogen) atoms. The van der Waals surface area contributed by atoms with Gasteiger partial charge < -0.3 is 5.32 Å². The Labute approximate surface area is 112 Å². The second kappa shape index (κ2) is 6.94. The summed E-state index contributed by atoms with van der Waals surface area (Å²) in [4.78, 5) is 0. The summed E-state index contributed by atoms with van der Waals surface area (Å²) in [6.45, 7) is 4.57. The third-order valence-electron chi connectivity index (χ3n) is 4.05. The molecule has 0 bridgehead atoms. The summed E-state index contributed by atoms with van der Waals surface area (Å²) in [7, 11) is 0. The molecule has 1 aliphatic carbocycles. The summed E-state index contributed by atoms with van der Waals surface area (Å²) < 4.78 is 0. The van der Waals surface area contributed by atoms with E-state index in [9.17, 15) is 0 Å². The number of hydrogen-bond acceptors (Lipinski definition) is 1. The van der Waals surface area contributed by atoms with Gasteiger partial charge in [-0.2, -0.15) is 0 Å². The first kappa shape index (κ1) is 13.6. The molecule has 0 amide bonds. The van der Waals surface area contributed by atoms with Gasteiger partial charge in [-0.25, -0.2) is 0 Å². The van der Waals surface area contributed by atoms with Crippen molar-refractivity contribution in [2.75, 3.05) is 0 Å². The van der Waals surface area contributed by atoms with Gasteiger partial charge >= 0.3 is 0 Å². The van der Waals surface area contributed by atoms with E-state index < -0.39 is 0 Å². The Morgan fingerprint density at radius 2 is 1.94 bits per heavy atom. The van der Waals surface area contributed by atoms with Crippen LogP contribution in [0.3, 0.4) is 0 Å². The molecule has 3 unspecified atom stereocenters. The van der Waals surface area contributed by atoms with Gasteiger partial charge in [0, 0.05) is 12.1 Å². The number of nitrogens with one attached hydrogen (secondary N) is 1. The minimum atomic E-state index is 0.568. The molecule has 0 spiro atoms. The highest BCUT2D eigenvalue weighted by Crippen LogP contribution is 2.37. The monoisotopic (exact) mass is 245 g/mol. The van der Waals surface area contributed by atoms with Crippen molar-refractivity contribution in [2.24, 2.45) is 5.92 Å². The van der Waals surface area contributed by atoms with E-state index in [1.165, 1.54) is 44.1 Å². The molecular formula is C17H27N. The van der Waals surface area contributed by atoms with E-state index in [1.54, 1.807) is 0 Å². The molecule has 1 nitrogen and oxygen atoms in total. The van der Waals surface area contributed by atoms with Gasteiger partial charge in [-0.05, 0) is 30.7 Å². The fourth-order valence-electron chi connectivity index (χ4n) is 2.84. The normalized spacial score (nSPS) is 23.9. The van der Waals surface area contributed by atoms with Crippen molar-refractivity contribution < 1.29 is 0 Å². The average molecular weight is 245 g/mol. The lowest BCUT2D eigenvalue weighted by molar-refractivity contribution is 0.460. The standard InChI is InChI=1S/C17H27N/c1-3-5-12-16(14-10-7-6-8-11-14)18-17-13-15(17)9-4-2/h6-8,10-11,15-18H,3-5,9,12-13H2,1-2H3. The second-order valence-corrected chi connectivity index (χ2v) is 5.66. The second-order valence-electron chi connectivity index (χ2n) is 5.66. The molecule has 0 radical (unpaired) electrons. The van der Waals surface area contributed by atoms with Crippen LogP contribution in [0, 0.1) is 5.92 Å². The van der Waals surface area contributed by atoms with Crippen LogP contribution < -0.4 is 5.32 Å². The van der Waals surface area contributed by atoms with Gasteiger partial charge in [-0.1, -0.05) is 63.4 Å². The third-order valence-corrected chi connectivity index (χ3v) is 4.05. The van der Waals surface area contributed by atoms with Crippen molar-refractivity contribution in [1.29, 1.82) is 0 Å². The molecule has 0 aromatic heterocycles. The van der Waals surface area contributed by atoms with E-state index >= 15 is 0 Å². The van der Waals surface area contributed by atoms with Crippen LogP contribution in [0.15, 0.2) is 30.3 Å². The van der Waals surface area contributed by atoms with E-state index in [0.29, 0.717) is 6.04 Å². The summed E-state index contributed by atoms with van der Waals surface area (Å²) in [5.41, 5.74) is 1.47. The fraction of sp³-hybridized carbons (Fsp3) is 0.647. The smallest absolute Gasteiger partial charge is 0.0322 e. The zero-order valence-corrected chi connectivity index (χ0v) is 11.9. The molecule has 1 aromatic rings. The van der Waals surface area contributed by atoms with Gasteiger partial charge in [0.05, 0.1) is 0 Å². The van der Waals surface area contributed by atoms with Crippen LogP contribution in [0.5, 0.6) is 0 Å². The van der Waals surface area contributed by atoms with Gasteiger partial charge in [-0.15, -0.1) is 0 Å². The minimum Gasteiger partial charge on any atom is -0.307 e. The van der Waals surface area contributed by atoms with Crippen LogP contribution in [0.2, 0.25) is 0 Å². The molecule has 1 heteroatoms. The van der Waals surface area contributed by atoms with Gasteiger partial charge in [0.2, 0.25) is 0 Å². The number of rotatable bonds is 8. The van der Waals surface area contributed by atoms with Gasteiger partial charge in [-0.3, -0.25) is 0 Å². The molecular weight excluding hydrogens is 218 g/mol. The zero-order chi connectivity index (χ0) is 12.8. The lowest BCUT2D eigenvalue weighted by Gasteiger charge is -2.19. The summed E-state index contributed by atoms with van der Waals surface area (Å²) in [6, 6.07) is 12.3. The first-order valence-corrected chi connectivity index (χ1v) is 7.66. The molecule has 0 saturated heterocycles. The third kappa shape index (κ3) is 3.84. The summed E-state index contributed by atoms with van der Waals surface area (Å²) in [6.07, 6.45) is 7.99. The highest BCUT2D eigenvalue weighted by molar-refractivity contribution is 5.19. The SMILES string of the molecule is CCCCC(NC1CC1CCC)c1ccccc1. The molecule has 1 aromatic carbocycles. The molecule has 1 fully saturated rings. The molecule has 1 saturated carbocycles. The van der Waals surface area contributed by atoms with E-state index in [-0.39, 0.29) is 0 Å². The summed E-state index contributed by atoms with van der Waals surface area (Å²) in [5.74, 6) is 0.947. The summed E-state index contributed by atoms with van der Waals surface area (Å²) in [5, 5.41) is 3.88. The van der Waals surface area contributed by atoms with Gasteiger partial charge in [0.15, 0.2) is 0 Å². The van der Waals surface area contributed by atoms with E-state index in [0.717, 1.165) is 12.0 Å². The number of hydrogen-bond donors (Lipinski definition) is 1. The van der Waals surface area contributed by atoms with Gasteiger partial charge in [0.25, 0.3) is 0 Å². The summed E-state index contributed by atoms with van der Waals surface area (Å²) >= 11 is 0. The Morgan fingerprint density at radius 3 is 2.61 bits per heavy atom. The predicted octanol–water partition coefficient (Wildman–Crippen LogP) is 4.70. The minimum absolute atomic E-state index is 0.568. The highest BCUT2D eigenvalue weighted by Gasteiger charge is 2.37. The maximum absolute atomic E-state index is 3.88. The first-order chi connectivity index (χ1) is 8.85. The van der Waals surface area contributed by atoms with Crippen LogP contribution in [0.1, 0.15) is 64.0 Å². The predicted molar refractivity (Wildman–Crippen MR) is 78.6 cm³/mol. The quantitative estimate of drug-likeness (QED) is 0.700. The molecule has 0 heterocycles.